The third-order valence-corrected chi connectivity index (χ3v) is 3.86. The van der Waals surface area contributed by atoms with E-state index in [1.807, 2.05) is 36.7 Å². The maximum Gasteiger partial charge on any atom is 0.0482 e. The second kappa shape index (κ2) is 5.47. The molecule has 0 bridgehead atoms. The molecule has 4 nitrogen and oxygen atoms in total. The first-order chi connectivity index (χ1) is 9.38. The van der Waals surface area contributed by atoms with Gasteiger partial charge in [-0.2, -0.15) is 0 Å². The van der Waals surface area contributed by atoms with Gasteiger partial charge in [-0.15, -0.1) is 0 Å². The van der Waals surface area contributed by atoms with Crippen molar-refractivity contribution >= 4 is 0 Å². The fourth-order valence-corrected chi connectivity index (χ4v) is 2.90. The lowest BCUT2D eigenvalue weighted by atomic mass is 9.93. The highest BCUT2D eigenvalue weighted by atomic mass is 15.2. The molecule has 0 saturated heterocycles. The van der Waals surface area contributed by atoms with Gasteiger partial charge in [-0.05, 0) is 36.6 Å². The van der Waals surface area contributed by atoms with Crippen molar-refractivity contribution in [1.29, 1.82) is 0 Å². The number of fused-ring (bicyclic) bond motifs is 1. The summed E-state index contributed by atoms with van der Waals surface area (Å²) in [5, 5.41) is 0. The van der Waals surface area contributed by atoms with Crippen LogP contribution in [0.4, 0.5) is 0 Å². The second-order valence-corrected chi connectivity index (χ2v) is 4.99. The molecule has 0 aromatic carbocycles. The van der Waals surface area contributed by atoms with E-state index in [0.29, 0.717) is 5.92 Å². The van der Waals surface area contributed by atoms with Crippen LogP contribution >= 0.6 is 0 Å². The Balaban J connectivity index is 1.81. The van der Waals surface area contributed by atoms with Crippen molar-refractivity contribution in [1.82, 2.24) is 15.4 Å². The lowest BCUT2D eigenvalue weighted by Crippen LogP contribution is -2.41. The lowest BCUT2D eigenvalue weighted by Gasteiger charge is -2.22. The topological polar surface area (TPSA) is 63.8 Å². The van der Waals surface area contributed by atoms with E-state index in [1.165, 1.54) is 11.3 Å². The van der Waals surface area contributed by atoms with Crippen LogP contribution in [-0.4, -0.2) is 16.0 Å². The van der Waals surface area contributed by atoms with Gasteiger partial charge in [-0.1, -0.05) is 12.1 Å². The Morgan fingerprint density at radius 1 is 1.21 bits per heavy atom. The molecule has 0 amide bonds. The average molecular weight is 254 g/mol. The molecule has 2 aromatic rings. The number of hydrogen-bond acceptors (Lipinski definition) is 4. The predicted molar refractivity (Wildman–Crippen MR) is 74.4 cm³/mol. The van der Waals surface area contributed by atoms with Gasteiger partial charge >= 0.3 is 0 Å². The summed E-state index contributed by atoms with van der Waals surface area (Å²) in [4.78, 5) is 8.91. The standard InChI is InChI=1S/C15H18N4/c16-19-14(10-12-5-1-2-8-17-12)13-7-6-11-4-3-9-18-15(11)13/h1-5,8-9,13-14,19H,6-7,10,16H2. The molecule has 3 N–H and O–H groups in total. The molecule has 2 heterocycles. The van der Waals surface area contributed by atoms with Gasteiger partial charge in [0.2, 0.25) is 0 Å². The summed E-state index contributed by atoms with van der Waals surface area (Å²) >= 11 is 0. The highest BCUT2D eigenvalue weighted by Crippen LogP contribution is 2.34. The predicted octanol–water partition coefficient (Wildman–Crippen LogP) is 1.58. The van der Waals surface area contributed by atoms with E-state index in [1.54, 1.807) is 0 Å². The van der Waals surface area contributed by atoms with Crippen LogP contribution < -0.4 is 11.3 Å². The van der Waals surface area contributed by atoms with Crippen molar-refractivity contribution in [2.24, 2.45) is 5.84 Å². The van der Waals surface area contributed by atoms with E-state index in [0.717, 1.165) is 25.0 Å². The van der Waals surface area contributed by atoms with Crippen molar-refractivity contribution < 1.29 is 0 Å². The third-order valence-electron chi connectivity index (χ3n) is 3.86. The van der Waals surface area contributed by atoms with E-state index in [4.69, 9.17) is 5.84 Å². The maximum absolute atomic E-state index is 5.75. The third kappa shape index (κ3) is 2.50. The summed E-state index contributed by atoms with van der Waals surface area (Å²) < 4.78 is 0. The minimum absolute atomic E-state index is 0.186. The average Bonchev–Trinajstić information content (AvgIpc) is 2.90. The molecule has 1 aliphatic rings. The number of rotatable bonds is 4. The van der Waals surface area contributed by atoms with Crippen LogP contribution in [0, 0.1) is 0 Å². The first-order valence-electron chi connectivity index (χ1n) is 6.68. The summed E-state index contributed by atoms with van der Waals surface area (Å²) in [7, 11) is 0. The van der Waals surface area contributed by atoms with Gasteiger partial charge in [-0.25, -0.2) is 0 Å². The number of hydrogen-bond donors (Lipinski definition) is 2. The molecule has 98 valence electrons. The fraction of sp³-hybridized carbons (Fsp3) is 0.333. The van der Waals surface area contributed by atoms with Crippen LogP contribution in [0.25, 0.3) is 0 Å². The fourth-order valence-electron chi connectivity index (χ4n) is 2.90. The molecule has 2 unspecified atom stereocenters. The monoisotopic (exact) mass is 254 g/mol. The van der Waals surface area contributed by atoms with E-state index >= 15 is 0 Å². The zero-order chi connectivity index (χ0) is 13.1. The van der Waals surface area contributed by atoms with Crippen molar-refractivity contribution in [3.05, 3.63) is 59.7 Å². The normalized spacial score (nSPS) is 19.1. The molecule has 2 aromatic heterocycles. The molecule has 0 saturated carbocycles. The Labute approximate surface area is 113 Å². The second-order valence-electron chi connectivity index (χ2n) is 4.99. The molecule has 3 rings (SSSR count). The summed E-state index contributed by atoms with van der Waals surface area (Å²) in [5.41, 5.74) is 6.57. The number of aromatic nitrogens is 2. The minimum atomic E-state index is 0.186. The number of pyridine rings is 2. The molecule has 0 radical (unpaired) electrons. The van der Waals surface area contributed by atoms with Crippen LogP contribution in [0.2, 0.25) is 0 Å². The zero-order valence-electron chi connectivity index (χ0n) is 10.8. The SMILES string of the molecule is NNC(Cc1ccccn1)C1CCc2cccnc21. The largest absolute Gasteiger partial charge is 0.271 e. The molecular weight excluding hydrogens is 236 g/mol. The van der Waals surface area contributed by atoms with Gasteiger partial charge in [0.05, 0.1) is 0 Å². The summed E-state index contributed by atoms with van der Waals surface area (Å²) in [6.07, 6.45) is 6.72. The Kier molecular flexibility index (Phi) is 3.53. The van der Waals surface area contributed by atoms with Crippen LogP contribution in [0.3, 0.4) is 0 Å². The van der Waals surface area contributed by atoms with Crippen LogP contribution in [-0.2, 0) is 12.8 Å². The Bertz CT molecular complexity index is 541. The lowest BCUT2D eigenvalue weighted by molar-refractivity contribution is 0.426. The number of nitrogens with two attached hydrogens (primary N) is 1. The Hall–Kier alpha value is -1.78. The van der Waals surface area contributed by atoms with Crippen LogP contribution in [0.5, 0.6) is 0 Å². The summed E-state index contributed by atoms with van der Waals surface area (Å²) in [6, 6.07) is 10.3. The van der Waals surface area contributed by atoms with Gasteiger partial charge in [-0.3, -0.25) is 21.2 Å². The maximum atomic E-state index is 5.75. The van der Waals surface area contributed by atoms with E-state index in [2.05, 4.69) is 21.5 Å². The first kappa shape index (κ1) is 12.3. The van der Waals surface area contributed by atoms with Crippen molar-refractivity contribution in [2.45, 2.75) is 31.2 Å². The van der Waals surface area contributed by atoms with E-state index < -0.39 is 0 Å². The molecule has 0 spiro atoms. The van der Waals surface area contributed by atoms with Crippen LogP contribution in [0.1, 0.15) is 29.3 Å². The highest BCUT2D eigenvalue weighted by Gasteiger charge is 2.30. The summed E-state index contributed by atoms with van der Waals surface area (Å²) in [5.74, 6) is 6.13. The van der Waals surface area contributed by atoms with Crippen molar-refractivity contribution in [3.8, 4) is 0 Å². The van der Waals surface area contributed by atoms with Crippen molar-refractivity contribution in [2.75, 3.05) is 0 Å². The Morgan fingerprint density at radius 2 is 2.11 bits per heavy atom. The molecule has 2 atom stereocenters. The van der Waals surface area contributed by atoms with Gasteiger partial charge in [0.15, 0.2) is 0 Å². The van der Waals surface area contributed by atoms with Crippen LogP contribution in [0.15, 0.2) is 42.7 Å². The molecular formula is C15H18N4. The number of nitrogens with zero attached hydrogens (tertiary/aromatic N) is 2. The molecule has 1 aliphatic carbocycles. The quantitative estimate of drug-likeness (QED) is 0.642. The van der Waals surface area contributed by atoms with Gasteiger partial charge in [0.25, 0.3) is 0 Å². The Morgan fingerprint density at radius 3 is 2.89 bits per heavy atom. The van der Waals surface area contributed by atoms with E-state index in [9.17, 15) is 0 Å². The van der Waals surface area contributed by atoms with Gasteiger partial charge in [0.1, 0.15) is 0 Å². The minimum Gasteiger partial charge on any atom is -0.271 e. The molecule has 19 heavy (non-hydrogen) atoms. The number of aryl methyl sites for hydroxylation is 1. The molecule has 0 aliphatic heterocycles. The number of nitrogens with one attached hydrogen (secondary N) is 1. The molecule has 4 heteroatoms. The van der Waals surface area contributed by atoms with E-state index in [-0.39, 0.29) is 6.04 Å². The summed E-state index contributed by atoms with van der Waals surface area (Å²) in [6.45, 7) is 0. The van der Waals surface area contributed by atoms with Gasteiger partial charge in [0, 0.05) is 42.2 Å². The van der Waals surface area contributed by atoms with Gasteiger partial charge < -0.3 is 0 Å². The van der Waals surface area contributed by atoms with Crippen molar-refractivity contribution in [3.63, 3.8) is 0 Å². The highest BCUT2D eigenvalue weighted by molar-refractivity contribution is 5.30. The smallest absolute Gasteiger partial charge is 0.0482 e. The zero-order valence-corrected chi connectivity index (χ0v) is 10.8. The number of hydrazine groups is 1. The molecule has 0 fully saturated rings. The first-order valence-corrected chi connectivity index (χ1v) is 6.68.